The average Bonchev–Trinajstić information content (AvgIpc) is 2.80. The topological polar surface area (TPSA) is 117 Å². The molecule has 2 aromatic rings. The van der Waals surface area contributed by atoms with Crippen molar-refractivity contribution in [3.05, 3.63) is 58.5 Å². The molecule has 3 N–H and O–H groups in total. The maximum atomic E-state index is 12.3. The van der Waals surface area contributed by atoms with E-state index in [4.69, 9.17) is 9.90 Å². The summed E-state index contributed by atoms with van der Waals surface area (Å²) in [7, 11) is 1.94. The van der Waals surface area contributed by atoms with E-state index in [1.54, 1.807) is 6.20 Å². The number of aromatic nitrogens is 2. The predicted octanol–water partition coefficient (Wildman–Crippen LogP) is 1.42. The van der Waals surface area contributed by atoms with E-state index in [0.717, 1.165) is 44.6 Å². The lowest BCUT2D eigenvalue weighted by Crippen LogP contribution is -2.47. The molecule has 1 aromatic heterocycles. The number of benzene rings is 1. The summed E-state index contributed by atoms with van der Waals surface area (Å²) in [6, 6.07) is 11.9. The molecule has 1 aliphatic rings. The Morgan fingerprint density at radius 2 is 1.97 bits per heavy atom. The van der Waals surface area contributed by atoms with E-state index in [9.17, 15) is 22.8 Å². The summed E-state index contributed by atoms with van der Waals surface area (Å²) in [6.45, 7) is 2.50. The van der Waals surface area contributed by atoms with E-state index in [-0.39, 0.29) is 24.1 Å². The maximum Gasteiger partial charge on any atom is 0.490 e. The van der Waals surface area contributed by atoms with Crippen molar-refractivity contribution in [2.75, 3.05) is 31.6 Å². The number of carboxylic acid groups (broad SMARTS) is 1. The number of anilines is 1. The van der Waals surface area contributed by atoms with Gasteiger partial charge in [0, 0.05) is 32.2 Å². The zero-order valence-electron chi connectivity index (χ0n) is 18.7. The molecule has 1 fully saturated rings. The summed E-state index contributed by atoms with van der Waals surface area (Å²) in [5.74, 6) is -2.93. The van der Waals surface area contributed by atoms with Gasteiger partial charge < -0.3 is 20.6 Å². The highest BCUT2D eigenvalue weighted by Crippen LogP contribution is 2.13. The number of aliphatic carboxylic acids is 1. The molecule has 9 nitrogen and oxygen atoms in total. The molecule has 186 valence electrons. The summed E-state index contributed by atoms with van der Waals surface area (Å²) in [4.78, 5) is 35.4. The molecule has 34 heavy (non-hydrogen) atoms. The van der Waals surface area contributed by atoms with E-state index < -0.39 is 12.1 Å². The number of carbonyl (C=O) groups is 2. The average molecular weight is 483 g/mol. The molecule has 0 bridgehead atoms. The van der Waals surface area contributed by atoms with Crippen LogP contribution in [0.2, 0.25) is 0 Å². The fraction of sp³-hybridized carbons (Fsp3) is 0.455. The summed E-state index contributed by atoms with van der Waals surface area (Å²) < 4.78 is 32.9. The summed E-state index contributed by atoms with van der Waals surface area (Å²) in [6.07, 6.45) is -0.542. The second-order valence-corrected chi connectivity index (χ2v) is 7.78. The largest absolute Gasteiger partial charge is 0.490 e. The summed E-state index contributed by atoms with van der Waals surface area (Å²) in [5.41, 5.74) is 1.74. The molecular formula is C22H28F3N5O4. The molecule has 3 rings (SSSR count). The number of alkyl halides is 3. The fourth-order valence-electron chi connectivity index (χ4n) is 3.21. The van der Waals surface area contributed by atoms with E-state index >= 15 is 0 Å². The molecule has 0 spiro atoms. The van der Waals surface area contributed by atoms with Gasteiger partial charge in [-0.3, -0.25) is 9.59 Å². The molecule has 2 heterocycles. The molecular weight excluding hydrogens is 455 g/mol. The number of nitrogens with zero attached hydrogens (tertiary/aromatic N) is 3. The minimum Gasteiger partial charge on any atom is -0.475 e. The molecule has 1 unspecified atom stereocenters. The second kappa shape index (κ2) is 12.7. The van der Waals surface area contributed by atoms with Crippen LogP contribution in [-0.4, -0.2) is 65.7 Å². The number of rotatable bonds is 7. The fourth-order valence-corrected chi connectivity index (χ4v) is 3.21. The second-order valence-electron chi connectivity index (χ2n) is 7.78. The summed E-state index contributed by atoms with van der Waals surface area (Å²) >= 11 is 0. The number of piperidine rings is 1. The van der Waals surface area contributed by atoms with Gasteiger partial charge in [0.15, 0.2) is 0 Å². The van der Waals surface area contributed by atoms with Gasteiger partial charge in [-0.25, -0.2) is 9.48 Å². The van der Waals surface area contributed by atoms with Crippen molar-refractivity contribution < 1.29 is 27.9 Å². The monoisotopic (exact) mass is 483 g/mol. The van der Waals surface area contributed by atoms with Gasteiger partial charge >= 0.3 is 12.1 Å². The number of hydrogen-bond donors (Lipinski definition) is 3. The van der Waals surface area contributed by atoms with Crippen molar-refractivity contribution in [1.29, 1.82) is 0 Å². The van der Waals surface area contributed by atoms with Gasteiger partial charge in [-0.2, -0.15) is 18.3 Å². The smallest absolute Gasteiger partial charge is 0.475 e. The first-order valence-electron chi connectivity index (χ1n) is 10.7. The number of carbonyl (C=O) groups excluding carboxylic acids is 1. The van der Waals surface area contributed by atoms with Crippen molar-refractivity contribution in [2.45, 2.75) is 38.0 Å². The Kier molecular flexibility index (Phi) is 10.0. The molecule has 1 amide bonds. The standard InChI is InChI=1S/C20H27N5O2.C2HF3O2/c1-24(11-9-16-6-3-2-4-7-16)18-12-20(27)25(22-14-18)15-19(26)23-17-8-5-10-21-13-17;3-2(4,5)1(6)7/h2-4,6-7,12,14,17,21H,5,8-11,13,15H2,1H3,(H,23,26);(H,6,7). The lowest BCUT2D eigenvalue weighted by atomic mass is 10.1. The van der Waals surface area contributed by atoms with Gasteiger partial charge in [0.05, 0.1) is 11.9 Å². The van der Waals surface area contributed by atoms with E-state index in [0.29, 0.717) is 0 Å². The Labute approximate surface area is 194 Å². The maximum absolute atomic E-state index is 12.3. The van der Waals surface area contributed by atoms with Crippen LogP contribution in [0.15, 0.2) is 47.4 Å². The van der Waals surface area contributed by atoms with Crippen LogP contribution in [0, 0.1) is 0 Å². The molecule has 1 aromatic carbocycles. The minimum atomic E-state index is -5.08. The van der Waals surface area contributed by atoms with Crippen LogP contribution in [0.25, 0.3) is 0 Å². The van der Waals surface area contributed by atoms with Crippen LogP contribution in [0.1, 0.15) is 18.4 Å². The highest BCUT2D eigenvalue weighted by atomic mass is 19.4. The molecule has 12 heteroatoms. The van der Waals surface area contributed by atoms with Crippen molar-refractivity contribution in [3.63, 3.8) is 0 Å². The van der Waals surface area contributed by atoms with E-state index in [1.165, 1.54) is 16.3 Å². The first kappa shape index (κ1) is 26.8. The normalized spacial score (nSPS) is 15.6. The Balaban J connectivity index is 0.000000509. The van der Waals surface area contributed by atoms with Gasteiger partial charge in [-0.05, 0) is 31.4 Å². The third-order valence-corrected chi connectivity index (χ3v) is 5.07. The lowest BCUT2D eigenvalue weighted by molar-refractivity contribution is -0.192. The third-order valence-electron chi connectivity index (χ3n) is 5.07. The molecule has 0 saturated carbocycles. The van der Waals surface area contributed by atoms with Crippen LogP contribution in [-0.2, 0) is 22.6 Å². The Hall–Kier alpha value is -3.41. The van der Waals surface area contributed by atoms with Crippen molar-refractivity contribution in [3.8, 4) is 0 Å². The zero-order chi connectivity index (χ0) is 25.1. The number of nitrogens with one attached hydrogen (secondary N) is 2. The van der Waals surface area contributed by atoms with Crippen LogP contribution < -0.4 is 21.1 Å². The highest BCUT2D eigenvalue weighted by Gasteiger charge is 2.38. The third kappa shape index (κ3) is 9.22. The van der Waals surface area contributed by atoms with Crippen molar-refractivity contribution >= 4 is 17.6 Å². The van der Waals surface area contributed by atoms with Gasteiger partial charge in [-0.1, -0.05) is 30.3 Å². The first-order valence-corrected chi connectivity index (χ1v) is 10.7. The SMILES string of the molecule is CN(CCc1ccccc1)c1cnn(CC(=O)NC2CCCNC2)c(=O)c1.O=C(O)C(F)(F)F. The number of hydrogen-bond acceptors (Lipinski definition) is 6. The Bertz CT molecular complexity index is 992. The molecule has 1 saturated heterocycles. The van der Waals surface area contributed by atoms with E-state index in [2.05, 4.69) is 27.9 Å². The first-order chi connectivity index (χ1) is 16.1. The van der Waals surface area contributed by atoms with Gasteiger partial charge in [0.2, 0.25) is 5.91 Å². The molecule has 1 atom stereocenters. The van der Waals surface area contributed by atoms with Crippen molar-refractivity contribution in [1.82, 2.24) is 20.4 Å². The zero-order valence-corrected chi connectivity index (χ0v) is 18.7. The molecule has 1 aliphatic heterocycles. The Morgan fingerprint density at radius 1 is 1.29 bits per heavy atom. The number of carboxylic acids is 1. The van der Waals surface area contributed by atoms with Gasteiger partial charge in [0.25, 0.3) is 5.56 Å². The van der Waals surface area contributed by atoms with Crippen LogP contribution in [0.4, 0.5) is 18.9 Å². The quantitative estimate of drug-likeness (QED) is 0.546. The Morgan fingerprint density at radius 3 is 2.53 bits per heavy atom. The number of likely N-dealkylation sites (N-methyl/N-ethyl adjacent to an activating group) is 1. The molecule has 0 aliphatic carbocycles. The lowest BCUT2D eigenvalue weighted by Gasteiger charge is -2.23. The molecule has 0 radical (unpaired) electrons. The highest BCUT2D eigenvalue weighted by molar-refractivity contribution is 5.76. The summed E-state index contributed by atoms with van der Waals surface area (Å²) in [5, 5.41) is 17.5. The van der Waals surface area contributed by atoms with Crippen LogP contribution >= 0.6 is 0 Å². The van der Waals surface area contributed by atoms with Crippen LogP contribution in [0.5, 0.6) is 0 Å². The predicted molar refractivity (Wildman–Crippen MR) is 120 cm³/mol. The minimum absolute atomic E-state index is 0.0522. The van der Waals surface area contributed by atoms with Crippen LogP contribution in [0.3, 0.4) is 0 Å². The van der Waals surface area contributed by atoms with E-state index in [1.807, 2.05) is 30.1 Å². The van der Waals surface area contributed by atoms with Gasteiger partial charge in [0.1, 0.15) is 6.54 Å². The van der Waals surface area contributed by atoms with Crippen molar-refractivity contribution in [2.24, 2.45) is 0 Å². The number of halogens is 3. The number of amides is 1. The van der Waals surface area contributed by atoms with Gasteiger partial charge in [-0.15, -0.1) is 0 Å².